The van der Waals surface area contributed by atoms with Gasteiger partial charge in [-0.15, -0.1) is 0 Å². The van der Waals surface area contributed by atoms with Gasteiger partial charge in [0.1, 0.15) is 11.5 Å². The predicted octanol–water partition coefficient (Wildman–Crippen LogP) is 0.836. The van der Waals surface area contributed by atoms with Crippen LogP contribution in [-0.2, 0) is 6.54 Å². The molecule has 0 atom stereocenters. The molecular weight excluding hydrogens is 264 g/mol. The highest BCUT2D eigenvalue weighted by Gasteiger charge is 2.18. The van der Waals surface area contributed by atoms with Crippen molar-refractivity contribution >= 4 is 23.3 Å². The molecule has 6 nitrogen and oxygen atoms in total. The van der Waals surface area contributed by atoms with Gasteiger partial charge in [0, 0.05) is 12.6 Å². The summed E-state index contributed by atoms with van der Waals surface area (Å²) in [5.74, 6) is 2.42. The largest absolute Gasteiger partial charge is 0.383 e. The molecule has 1 fully saturated rings. The maximum absolute atomic E-state index is 11.9. The second-order valence-corrected chi connectivity index (χ2v) is 5.93. The van der Waals surface area contributed by atoms with Crippen molar-refractivity contribution in [2.45, 2.75) is 38.8 Å². The SMILES string of the molecule is CCCn1c(N)c(NC2CCSCC2)c(=O)[nH]c1=O. The molecule has 0 bridgehead atoms. The first kappa shape index (κ1) is 14.0. The number of thioether (sulfide) groups is 1. The third kappa shape index (κ3) is 3.15. The average molecular weight is 284 g/mol. The van der Waals surface area contributed by atoms with Crippen molar-refractivity contribution in [3.63, 3.8) is 0 Å². The van der Waals surface area contributed by atoms with Crippen LogP contribution < -0.4 is 22.3 Å². The predicted molar refractivity (Wildman–Crippen MR) is 80.0 cm³/mol. The van der Waals surface area contributed by atoms with Crippen LogP contribution in [0, 0.1) is 0 Å². The van der Waals surface area contributed by atoms with Crippen molar-refractivity contribution in [3.8, 4) is 0 Å². The molecule has 0 radical (unpaired) electrons. The summed E-state index contributed by atoms with van der Waals surface area (Å²) in [5, 5.41) is 3.20. The number of aromatic nitrogens is 2. The molecule has 0 spiro atoms. The first-order valence-corrected chi connectivity index (χ1v) is 7.75. The summed E-state index contributed by atoms with van der Waals surface area (Å²) in [6.07, 6.45) is 2.81. The summed E-state index contributed by atoms with van der Waals surface area (Å²) in [5.41, 5.74) is 5.44. The molecule has 0 aliphatic carbocycles. The fraction of sp³-hybridized carbons (Fsp3) is 0.667. The van der Waals surface area contributed by atoms with Gasteiger partial charge in [-0.2, -0.15) is 11.8 Å². The van der Waals surface area contributed by atoms with Crippen molar-refractivity contribution in [1.82, 2.24) is 9.55 Å². The molecule has 1 aromatic rings. The molecule has 19 heavy (non-hydrogen) atoms. The van der Waals surface area contributed by atoms with Crippen LogP contribution in [0.2, 0.25) is 0 Å². The molecule has 2 heterocycles. The van der Waals surface area contributed by atoms with E-state index in [1.807, 2.05) is 18.7 Å². The highest BCUT2D eigenvalue weighted by molar-refractivity contribution is 7.99. The average Bonchev–Trinajstić information content (AvgIpc) is 2.41. The molecule has 106 valence electrons. The molecule has 7 heteroatoms. The van der Waals surface area contributed by atoms with Crippen LogP contribution in [0.1, 0.15) is 26.2 Å². The van der Waals surface area contributed by atoms with Crippen molar-refractivity contribution in [2.75, 3.05) is 22.6 Å². The van der Waals surface area contributed by atoms with Crippen LogP contribution in [0.4, 0.5) is 11.5 Å². The van der Waals surface area contributed by atoms with Crippen LogP contribution >= 0.6 is 11.8 Å². The quantitative estimate of drug-likeness (QED) is 0.762. The second kappa shape index (κ2) is 6.18. The topological polar surface area (TPSA) is 92.9 Å². The molecule has 0 unspecified atom stereocenters. The first-order valence-electron chi connectivity index (χ1n) is 6.60. The molecule has 0 saturated carbocycles. The monoisotopic (exact) mass is 284 g/mol. The minimum Gasteiger partial charge on any atom is -0.383 e. The summed E-state index contributed by atoms with van der Waals surface area (Å²) >= 11 is 1.92. The zero-order valence-electron chi connectivity index (χ0n) is 11.1. The smallest absolute Gasteiger partial charge is 0.330 e. The summed E-state index contributed by atoms with van der Waals surface area (Å²) < 4.78 is 1.42. The number of nitrogen functional groups attached to an aromatic ring is 1. The van der Waals surface area contributed by atoms with E-state index in [9.17, 15) is 9.59 Å². The van der Waals surface area contributed by atoms with Gasteiger partial charge in [-0.05, 0) is 30.8 Å². The standard InChI is InChI=1S/C12H20N4O2S/c1-2-5-16-10(13)9(11(17)15-12(16)18)14-8-3-6-19-7-4-8/h8,14H,2-7,13H2,1H3,(H,15,17,18). The molecule has 0 amide bonds. The van der Waals surface area contributed by atoms with Crippen LogP contribution in [0.25, 0.3) is 0 Å². The Bertz CT molecular complexity index is 546. The number of nitrogens with zero attached hydrogens (tertiary/aromatic N) is 1. The number of hydrogen-bond donors (Lipinski definition) is 3. The number of aromatic amines is 1. The van der Waals surface area contributed by atoms with Gasteiger partial charge in [-0.1, -0.05) is 6.92 Å². The van der Waals surface area contributed by atoms with Crippen molar-refractivity contribution in [1.29, 1.82) is 0 Å². The highest BCUT2D eigenvalue weighted by atomic mass is 32.2. The van der Waals surface area contributed by atoms with E-state index in [4.69, 9.17) is 5.73 Å². The van der Waals surface area contributed by atoms with Crippen LogP contribution in [-0.4, -0.2) is 27.1 Å². The molecule has 1 aliphatic heterocycles. The molecule has 1 aliphatic rings. The van der Waals surface area contributed by atoms with E-state index in [0.717, 1.165) is 30.8 Å². The molecule has 0 aromatic carbocycles. The van der Waals surface area contributed by atoms with E-state index in [1.54, 1.807) is 0 Å². The van der Waals surface area contributed by atoms with Gasteiger partial charge in [0.25, 0.3) is 5.56 Å². The Morgan fingerprint density at radius 3 is 2.74 bits per heavy atom. The fourth-order valence-corrected chi connectivity index (χ4v) is 3.33. The number of rotatable bonds is 4. The van der Waals surface area contributed by atoms with Gasteiger partial charge in [0.2, 0.25) is 0 Å². The zero-order chi connectivity index (χ0) is 13.8. The van der Waals surface area contributed by atoms with Crippen molar-refractivity contribution in [2.24, 2.45) is 0 Å². The van der Waals surface area contributed by atoms with Gasteiger partial charge in [0.05, 0.1) is 0 Å². The van der Waals surface area contributed by atoms with Crippen LogP contribution in [0.3, 0.4) is 0 Å². The minimum absolute atomic E-state index is 0.244. The lowest BCUT2D eigenvalue weighted by Crippen LogP contribution is -2.36. The van der Waals surface area contributed by atoms with E-state index in [-0.39, 0.29) is 11.9 Å². The Labute approximate surface area is 115 Å². The highest BCUT2D eigenvalue weighted by Crippen LogP contribution is 2.21. The van der Waals surface area contributed by atoms with Crippen molar-refractivity contribution in [3.05, 3.63) is 20.8 Å². The van der Waals surface area contributed by atoms with Gasteiger partial charge >= 0.3 is 5.69 Å². The molecule has 4 N–H and O–H groups in total. The van der Waals surface area contributed by atoms with Gasteiger partial charge in [-0.25, -0.2) is 4.79 Å². The Hall–Kier alpha value is -1.37. The summed E-state index contributed by atoms with van der Waals surface area (Å²) in [7, 11) is 0. The van der Waals surface area contributed by atoms with Crippen molar-refractivity contribution < 1.29 is 0 Å². The second-order valence-electron chi connectivity index (χ2n) is 4.70. The Morgan fingerprint density at radius 1 is 1.42 bits per heavy atom. The zero-order valence-corrected chi connectivity index (χ0v) is 11.9. The third-order valence-electron chi connectivity index (χ3n) is 3.26. The lowest BCUT2D eigenvalue weighted by Gasteiger charge is -2.24. The number of H-pyrrole nitrogens is 1. The minimum atomic E-state index is -0.436. The van der Waals surface area contributed by atoms with E-state index >= 15 is 0 Å². The van der Waals surface area contributed by atoms with Gasteiger partial charge < -0.3 is 11.1 Å². The third-order valence-corrected chi connectivity index (χ3v) is 4.31. The number of nitrogens with one attached hydrogen (secondary N) is 2. The summed E-state index contributed by atoms with van der Waals surface area (Å²) in [4.78, 5) is 25.9. The Morgan fingerprint density at radius 2 is 2.11 bits per heavy atom. The van der Waals surface area contributed by atoms with Gasteiger partial charge in [-0.3, -0.25) is 14.3 Å². The summed E-state index contributed by atoms with van der Waals surface area (Å²) in [6, 6.07) is 0.261. The van der Waals surface area contributed by atoms with E-state index in [1.165, 1.54) is 4.57 Å². The van der Waals surface area contributed by atoms with E-state index in [2.05, 4.69) is 10.3 Å². The number of nitrogens with two attached hydrogens (primary N) is 1. The lowest BCUT2D eigenvalue weighted by atomic mass is 10.1. The van der Waals surface area contributed by atoms with E-state index in [0.29, 0.717) is 12.2 Å². The lowest BCUT2D eigenvalue weighted by molar-refractivity contribution is 0.633. The first-order chi connectivity index (χ1) is 9.13. The molecule has 1 saturated heterocycles. The normalized spacial score (nSPS) is 16.5. The maximum atomic E-state index is 11.9. The summed E-state index contributed by atoms with van der Waals surface area (Å²) in [6.45, 7) is 2.47. The fourth-order valence-electron chi connectivity index (χ4n) is 2.22. The van der Waals surface area contributed by atoms with Crippen LogP contribution in [0.15, 0.2) is 9.59 Å². The molecule has 2 rings (SSSR count). The van der Waals surface area contributed by atoms with E-state index < -0.39 is 11.2 Å². The Balaban J connectivity index is 2.30. The number of hydrogen-bond acceptors (Lipinski definition) is 5. The van der Waals surface area contributed by atoms with Gasteiger partial charge in [0.15, 0.2) is 0 Å². The Kier molecular flexibility index (Phi) is 4.57. The maximum Gasteiger partial charge on any atom is 0.330 e. The molecular formula is C12H20N4O2S. The van der Waals surface area contributed by atoms with Crippen LogP contribution in [0.5, 0.6) is 0 Å². The molecule has 1 aromatic heterocycles. The number of anilines is 2.